The number of aryl methyl sites for hydroxylation is 1. The highest BCUT2D eigenvalue weighted by molar-refractivity contribution is 5.94. The summed E-state index contributed by atoms with van der Waals surface area (Å²) in [4.78, 5) is 44.2. The van der Waals surface area contributed by atoms with Crippen molar-refractivity contribution in [2.45, 2.75) is 25.4 Å². The number of aromatic amines is 1. The van der Waals surface area contributed by atoms with Gasteiger partial charge in [0.25, 0.3) is 11.5 Å². The molecule has 1 aliphatic rings. The lowest BCUT2D eigenvalue weighted by Crippen LogP contribution is -2.54. The number of carbonyl (C=O) groups is 2. The van der Waals surface area contributed by atoms with Gasteiger partial charge in [-0.25, -0.2) is 4.79 Å². The van der Waals surface area contributed by atoms with E-state index in [0.717, 1.165) is 5.69 Å². The van der Waals surface area contributed by atoms with Gasteiger partial charge in [-0.1, -0.05) is 0 Å². The van der Waals surface area contributed by atoms with Gasteiger partial charge in [0.1, 0.15) is 11.3 Å². The SMILES string of the molecule is Cc1ccc(OC2(C(=O)O)CCN(C(=O)c3ccc[nH]c3=O)CC2)cn1. The Morgan fingerprint density at radius 1 is 1.27 bits per heavy atom. The lowest BCUT2D eigenvalue weighted by atomic mass is 9.90. The summed E-state index contributed by atoms with van der Waals surface area (Å²) in [6.45, 7) is 2.18. The minimum absolute atomic E-state index is 0.0407. The molecule has 2 aromatic heterocycles. The standard InChI is InChI=1S/C18H19N3O5/c1-12-4-5-13(11-20-12)26-18(17(24)25)6-9-21(10-7-18)16(23)14-3-2-8-19-15(14)22/h2-5,8,11H,6-7,9-10H2,1H3,(H,19,22)(H,24,25). The Kier molecular flexibility index (Phi) is 4.75. The van der Waals surface area contributed by atoms with Crippen molar-refractivity contribution in [2.24, 2.45) is 0 Å². The Hall–Kier alpha value is -3.16. The topological polar surface area (TPSA) is 113 Å². The van der Waals surface area contributed by atoms with E-state index >= 15 is 0 Å². The summed E-state index contributed by atoms with van der Waals surface area (Å²) in [5, 5.41) is 9.69. The molecule has 0 bridgehead atoms. The van der Waals surface area contributed by atoms with Crippen LogP contribution in [0.5, 0.6) is 5.75 Å². The van der Waals surface area contributed by atoms with Crippen LogP contribution >= 0.6 is 0 Å². The Morgan fingerprint density at radius 2 is 2.00 bits per heavy atom. The molecule has 0 unspecified atom stereocenters. The predicted molar refractivity (Wildman–Crippen MR) is 92.2 cm³/mol. The Morgan fingerprint density at radius 3 is 2.58 bits per heavy atom. The third kappa shape index (κ3) is 3.44. The van der Waals surface area contributed by atoms with Crippen molar-refractivity contribution in [1.29, 1.82) is 0 Å². The van der Waals surface area contributed by atoms with Gasteiger partial charge in [-0.15, -0.1) is 0 Å². The van der Waals surface area contributed by atoms with Crippen LogP contribution in [-0.4, -0.2) is 50.5 Å². The van der Waals surface area contributed by atoms with Crippen LogP contribution in [0.3, 0.4) is 0 Å². The van der Waals surface area contributed by atoms with Crippen molar-refractivity contribution in [3.05, 3.63) is 58.3 Å². The number of ether oxygens (including phenoxy) is 1. The fourth-order valence-electron chi connectivity index (χ4n) is 2.93. The van der Waals surface area contributed by atoms with Gasteiger partial charge >= 0.3 is 5.97 Å². The summed E-state index contributed by atoms with van der Waals surface area (Å²) in [6, 6.07) is 6.45. The van der Waals surface area contributed by atoms with E-state index in [2.05, 4.69) is 9.97 Å². The number of rotatable bonds is 4. The first kappa shape index (κ1) is 17.7. The maximum Gasteiger partial charge on any atom is 0.348 e. The van der Waals surface area contributed by atoms with E-state index in [9.17, 15) is 19.5 Å². The highest BCUT2D eigenvalue weighted by atomic mass is 16.5. The summed E-state index contributed by atoms with van der Waals surface area (Å²) in [6.07, 6.45) is 3.18. The van der Waals surface area contributed by atoms with Crippen LogP contribution in [0.2, 0.25) is 0 Å². The number of carbonyl (C=O) groups excluding carboxylic acids is 1. The first-order chi connectivity index (χ1) is 12.4. The number of H-pyrrole nitrogens is 1. The van der Waals surface area contributed by atoms with Gasteiger partial charge in [0.15, 0.2) is 0 Å². The number of carboxylic acid groups (broad SMARTS) is 1. The summed E-state index contributed by atoms with van der Waals surface area (Å²) in [7, 11) is 0. The molecular formula is C18H19N3O5. The van der Waals surface area contributed by atoms with E-state index in [-0.39, 0.29) is 31.5 Å². The van der Waals surface area contributed by atoms with Crippen molar-refractivity contribution in [3.8, 4) is 5.75 Å². The molecule has 8 heteroatoms. The molecule has 26 heavy (non-hydrogen) atoms. The maximum absolute atomic E-state index is 12.5. The first-order valence-electron chi connectivity index (χ1n) is 8.23. The molecule has 0 saturated carbocycles. The maximum atomic E-state index is 12.5. The van der Waals surface area contributed by atoms with Crippen LogP contribution < -0.4 is 10.3 Å². The molecule has 0 spiro atoms. The molecule has 0 radical (unpaired) electrons. The van der Waals surface area contributed by atoms with E-state index in [4.69, 9.17) is 4.74 Å². The number of nitrogens with zero attached hydrogens (tertiary/aromatic N) is 2. The second kappa shape index (κ2) is 6.99. The largest absolute Gasteiger partial charge is 0.478 e. The lowest BCUT2D eigenvalue weighted by molar-refractivity contribution is -0.159. The number of hydrogen-bond donors (Lipinski definition) is 2. The van der Waals surface area contributed by atoms with E-state index in [1.807, 2.05) is 6.92 Å². The molecule has 0 aliphatic carbocycles. The van der Waals surface area contributed by atoms with Crippen LogP contribution in [0.4, 0.5) is 0 Å². The van der Waals surface area contributed by atoms with Gasteiger partial charge < -0.3 is 19.7 Å². The van der Waals surface area contributed by atoms with Crippen molar-refractivity contribution in [1.82, 2.24) is 14.9 Å². The van der Waals surface area contributed by atoms with Crippen LogP contribution in [0.25, 0.3) is 0 Å². The number of nitrogens with one attached hydrogen (secondary N) is 1. The molecule has 2 N–H and O–H groups in total. The minimum Gasteiger partial charge on any atom is -0.478 e. The molecule has 1 fully saturated rings. The van der Waals surface area contributed by atoms with Crippen molar-refractivity contribution >= 4 is 11.9 Å². The van der Waals surface area contributed by atoms with E-state index in [0.29, 0.717) is 5.75 Å². The van der Waals surface area contributed by atoms with Crippen LogP contribution in [0.15, 0.2) is 41.5 Å². The Labute approximate surface area is 149 Å². The quantitative estimate of drug-likeness (QED) is 0.851. The Balaban J connectivity index is 1.74. The second-order valence-corrected chi connectivity index (χ2v) is 6.24. The van der Waals surface area contributed by atoms with Crippen LogP contribution in [-0.2, 0) is 4.79 Å². The zero-order chi connectivity index (χ0) is 18.7. The number of amides is 1. The highest BCUT2D eigenvalue weighted by Gasteiger charge is 2.45. The van der Waals surface area contributed by atoms with Gasteiger partial charge in [0.2, 0.25) is 5.60 Å². The van der Waals surface area contributed by atoms with Gasteiger partial charge in [0, 0.05) is 37.8 Å². The number of aromatic nitrogens is 2. The lowest BCUT2D eigenvalue weighted by Gasteiger charge is -2.38. The van der Waals surface area contributed by atoms with Crippen molar-refractivity contribution in [2.75, 3.05) is 13.1 Å². The zero-order valence-corrected chi connectivity index (χ0v) is 14.3. The summed E-state index contributed by atoms with van der Waals surface area (Å²) < 4.78 is 5.75. The molecule has 2 aromatic rings. The number of carboxylic acids is 1. The van der Waals surface area contributed by atoms with E-state index in [1.54, 1.807) is 18.2 Å². The number of piperidine rings is 1. The average Bonchev–Trinajstić information content (AvgIpc) is 2.64. The first-order valence-corrected chi connectivity index (χ1v) is 8.23. The second-order valence-electron chi connectivity index (χ2n) is 6.24. The summed E-state index contributed by atoms with van der Waals surface area (Å²) in [5.41, 5.74) is -1.04. The number of hydrogen-bond acceptors (Lipinski definition) is 5. The smallest absolute Gasteiger partial charge is 0.348 e. The monoisotopic (exact) mass is 357 g/mol. The molecule has 0 atom stereocenters. The van der Waals surface area contributed by atoms with Crippen LogP contribution in [0, 0.1) is 6.92 Å². The van der Waals surface area contributed by atoms with Gasteiger partial charge in [0.05, 0.1) is 6.20 Å². The average molecular weight is 357 g/mol. The summed E-state index contributed by atoms with van der Waals surface area (Å²) in [5.74, 6) is -1.12. The number of pyridine rings is 2. The number of likely N-dealkylation sites (tertiary alicyclic amines) is 1. The molecule has 8 nitrogen and oxygen atoms in total. The molecule has 1 saturated heterocycles. The third-order valence-electron chi connectivity index (χ3n) is 4.49. The Bertz CT molecular complexity index is 867. The molecule has 3 heterocycles. The molecule has 1 aliphatic heterocycles. The van der Waals surface area contributed by atoms with Gasteiger partial charge in [-0.3, -0.25) is 14.6 Å². The van der Waals surface area contributed by atoms with Crippen molar-refractivity contribution < 1.29 is 19.4 Å². The molecule has 1 amide bonds. The third-order valence-corrected chi connectivity index (χ3v) is 4.49. The fourth-order valence-corrected chi connectivity index (χ4v) is 2.93. The molecule has 136 valence electrons. The van der Waals surface area contributed by atoms with E-state index < -0.39 is 23.0 Å². The van der Waals surface area contributed by atoms with E-state index in [1.165, 1.54) is 23.4 Å². The zero-order valence-electron chi connectivity index (χ0n) is 14.3. The molecular weight excluding hydrogens is 338 g/mol. The summed E-state index contributed by atoms with van der Waals surface area (Å²) >= 11 is 0. The van der Waals surface area contributed by atoms with Crippen molar-refractivity contribution in [3.63, 3.8) is 0 Å². The van der Waals surface area contributed by atoms with Gasteiger partial charge in [-0.05, 0) is 31.2 Å². The molecule has 3 rings (SSSR count). The van der Waals surface area contributed by atoms with Crippen LogP contribution in [0.1, 0.15) is 28.9 Å². The molecule has 0 aromatic carbocycles. The normalized spacial score (nSPS) is 16.1. The minimum atomic E-state index is -1.42. The predicted octanol–water partition coefficient (Wildman–Crippen LogP) is 1.22. The van der Waals surface area contributed by atoms with Gasteiger partial charge in [-0.2, -0.15) is 0 Å². The fraction of sp³-hybridized carbons (Fsp3) is 0.333. The number of aliphatic carboxylic acids is 1. The highest BCUT2D eigenvalue weighted by Crippen LogP contribution is 2.29.